The number of esters is 1. The summed E-state index contributed by atoms with van der Waals surface area (Å²) in [4.78, 5) is 27.7. The van der Waals surface area contributed by atoms with E-state index in [4.69, 9.17) is 4.74 Å². The lowest BCUT2D eigenvalue weighted by Gasteiger charge is -2.12. The Labute approximate surface area is 177 Å². The second kappa shape index (κ2) is 8.21. The van der Waals surface area contributed by atoms with Gasteiger partial charge in [-0.2, -0.15) is 18.2 Å². The molecule has 2 aromatic heterocycles. The third-order valence-corrected chi connectivity index (χ3v) is 4.32. The Morgan fingerprint density at radius 1 is 0.969 bits per heavy atom. The van der Waals surface area contributed by atoms with E-state index < -0.39 is 24.7 Å². The lowest BCUT2D eigenvalue weighted by Crippen LogP contribution is -2.28. The van der Waals surface area contributed by atoms with E-state index in [2.05, 4.69) is 30.0 Å². The summed E-state index contributed by atoms with van der Waals surface area (Å²) in [6.45, 7) is -0.909. The fraction of sp³-hybridized carbons (Fsp3) is 0.150. The van der Waals surface area contributed by atoms with Crippen LogP contribution in [0.1, 0.15) is 5.69 Å². The molecule has 32 heavy (non-hydrogen) atoms. The maximum atomic E-state index is 13.6. The van der Waals surface area contributed by atoms with Crippen molar-refractivity contribution in [2.75, 3.05) is 12.4 Å². The highest BCUT2D eigenvalue weighted by Crippen LogP contribution is 2.28. The zero-order valence-electron chi connectivity index (χ0n) is 16.3. The standard InChI is InChI=1S/C20H13F4N5O3/c1-31-10-6-7-14-12(8-10)15(9-21)27-18(26-14)29-19-25-13-5-3-2-4-11(13)16(28-19)32-17(30)20(22,23)24/h2-8H,9H2,1H3,(H,25,26,27,28,29). The summed E-state index contributed by atoms with van der Waals surface area (Å²) in [5, 5.41) is 3.15. The molecule has 164 valence electrons. The van der Waals surface area contributed by atoms with E-state index in [1.807, 2.05) is 0 Å². The minimum absolute atomic E-state index is 0.0564. The van der Waals surface area contributed by atoms with E-state index in [0.29, 0.717) is 16.7 Å². The number of anilines is 2. The predicted octanol–water partition coefficient (Wildman–Crippen LogP) is 4.26. The number of alkyl halides is 4. The summed E-state index contributed by atoms with van der Waals surface area (Å²) in [5.74, 6) is -2.88. The van der Waals surface area contributed by atoms with Crippen molar-refractivity contribution in [3.63, 3.8) is 0 Å². The van der Waals surface area contributed by atoms with E-state index in [1.54, 1.807) is 24.3 Å². The van der Waals surface area contributed by atoms with E-state index in [-0.39, 0.29) is 28.5 Å². The van der Waals surface area contributed by atoms with Gasteiger partial charge in [0, 0.05) is 5.39 Å². The summed E-state index contributed by atoms with van der Waals surface area (Å²) in [6, 6.07) is 10.8. The maximum Gasteiger partial charge on any atom is 0.491 e. The van der Waals surface area contributed by atoms with Gasteiger partial charge in [-0.25, -0.2) is 24.1 Å². The maximum absolute atomic E-state index is 13.6. The molecule has 8 nitrogen and oxygen atoms in total. The van der Waals surface area contributed by atoms with E-state index >= 15 is 0 Å². The Kier molecular flexibility index (Phi) is 5.43. The van der Waals surface area contributed by atoms with Crippen LogP contribution in [0.3, 0.4) is 0 Å². The number of fused-ring (bicyclic) bond motifs is 2. The molecule has 4 aromatic rings. The lowest BCUT2D eigenvalue weighted by atomic mass is 10.2. The second-order valence-corrected chi connectivity index (χ2v) is 6.39. The molecule has 0 aliphatic heterocycles. The summed E-state index contributed by atoms with van der Waals surface area (Å²) in [7, 11) is 1.47. The van der Waals surface area contributed by atoms with Gasteiger partial charge >= 0.3 is 12.1 Å². The molecule has 12 heteroatoms. The molecule has 0 unspecified atom stereocenters. The summed E-state index contributed by atoms with van der Waals surface area (Å²) < 4.78 is 61.2. The van der Waals surface area contributed by atoms with Crippen LogP contribution in [0.5, 0.6) is 11.6 Å². The molecule has 2 heterocycles. The Morgan fingerprint density at radius 3 is 2.34 bits per heavy atom. The second-order valence-electron chi connectivity index (χ2n) is 6.39. The van der Waals surface area contributed by atoms with Crippen molar-refractivity contribution in [1.29, 1.82) is 0 Å². The number of hydrogen-bond acceptors (Lipinski definition) is 8. The molecule has 0 saturated heterocycles. The number of halogens is 4. The zero-order chi connectivity index (χ0) is 22.9. The number of methoxy groups -OCH3 is 1. The molecule has 0 amide bonds. The molecule has 0 spiro atoms. The molecule has 1 N–H and O–H groups in total. The van der Waals surface area contributed by atoms with Crippen LogP contribution in [-0.4, -0.2) is 39.2 Å². The molecule has 0 atom stereocenters. The van der Waals surface area contributed by atoms with Crippen molar-refractivity contribution in [3.05, 3.63) is 48.2 Å². The summed E-state index contributed by atoms with van der Waals surface area (Å²) >= 11 is 0. The number of nitrogens with one attached hydrogen (secondary N) is 1. The molecule has 0 saturated carbocycles. The monoisotopic (exact) mass is 447 g/mol. The van der Waals surface area contributed by atoms with Gasteiger partial charge in [0.05, 0.1) is 29.2 Å². The van der Waals surface area contributed by atoms with Gasteiger partial charge < -0.3 is 9.47 Å². The first kappa shape index (κ1) is 21.2. The van der Waals surface area contributed by atoms with Crippen molar-refractivity contribution < 1.29 is 31.8 Å². The molecule has 0 bridgehead atoms. The SMILES string of the molecule is COc1ccc2nc(Nc3nc(OC(=O)C(F)(F)F)c4ccccc4n3)nc(CF)c2c1. The number of para-hydroxylation sites is 1. The van der Waals surface area contributed by atoms with Gasteiger partial charge in [0.2, 0.25) is 17.8 Å². The third kappa shape index (κ3) is 4.19. The molecule has 0 aliphatic carbocycles. The first-order valence-corrected chi connectivity index (χ1v) is 9.02. The van der Waals surface area contributed by atoms with Crippen molar-refractivity contribution >= 4 is 39.7 Å². The Morgan fingerprint density at radius 2 is 1.66 bits per heavy atom. The summed E-state index contributed by atoms with van der Waals surface area (Å²) in [5.41, 5.74) is 0.646. The molecular weight excluding hydrogens is 434 g/mol. The van der Waals surface area contributed by atoms with Crippen LogP contribution < -0.4 is 14.8 Å². The van der Waals surface area contributed by atoms with Crippen LogP contribution in [0.15, 0.2) is 42.5 Å². The molecule has 4 rings (SSSR count). The van der Waals surface area contributed by atoms with Crippen LogP contribution >= 0.6 is 0 Å². The van der Waals surface area contributed by atoms with Gasteiger partial charge in [0.1, 0.15) is 12.4 Å². The minimum atomic E-state index is -5.21. The lowest BCUT2D eigenvalue weighted by molar-refractivity contribution is -0.189. The number of benzene rings is 2. The average Bonchev–Trinajstić information content (AvgIpc) is 2.77. The van der Waals surface area contributed by atoms with E-state index in [1.165, 1.54) is 25.3 Å². The van der Waals surface area contributed by atoms with Gasteiger partial charge in [-0.15, -0.1) is 0 Å². The average molecular weight is 447 g/mol. The van der Waals surface area contributed by atoms with Crippen molar-refractivity contribution in [2.45, 2.75) is 12.9 Å². The number of carbonyl (C=O) groups is 1. The molecule has 0 radical (unpaired) electrons. The number of ether oxygens (including phenoxy) is 2. The molecular formula is C20H13F4N5O3. The topological polar surface area (TPSA) is 99.1 Å². The van der Waals surface area contributed by atoms with E-state index in [0.717, 1.165) is 0 Å². The third-order valence-electron chi connectivity index (χ3n) is 4.32. The van der Waals surface area contributed by atoms with Gasteiger partial charge in [-0.3, -0.25) is 5.32 Å². The highest BCUT2D eigenvalue weighted by molar-refractivity contribution is 5.88. The smallest absolute Gasteiger partial charge is 0.491 e. The molecule has 0 aliphatic rings. The van der Waals surface area contributed by atoms with Crippen LogP contribution in [0.2, 0.25) is 0 Å². The number of nitrogens with zero attached hydrogens (tertiary/aromatic N) is 4. The first-order chi connectivity index (χ1) is 15.3. The fourth-order valence-corrected chi connectivity index (χ4v) is 2.88. The van der Waals surface area contributed by atoms with Gasteiger partial charge in [0.25, 0.3) is 0 Å². The number of aromatic nitrogens is 4. The normalized spacial score (nSPS) is 11.5. The molecule has 0 fully saturated rings. The minimum Gasteiger partial charge on any atom is -0.497 e. The summed E-state index contributed by atoms with van der Waals surface area (Å²) in [6.07, 6.45) is -5.21. The largest absolute Gasteiger partial charge is 0.497 e. The first-order valence-electron chi connectivity index (χ1n) is 9.02. The predicted molar refractivity (Wildman–Crippen MR) is 105 cm³/mol. The van der Waals surface area contributed by atoms with Crippen LogP contribution in [0, 0.1) is 0 Å². The van der Waals surface area contributed by atoms with Crippen LogP contribution in [-0.2, 0) is 11.5 Å². The van der Waals surface area contributed by atoms with Crippen LogP contribution in [0.25, 0.3) is 21.8 Å². The Bertz CT molecular complexity index is 1330. The van der Waals surface area contributed by atoms with Crippen LogP contribution in [0.4, 0.5) is 29.5 Å². The number of hydrogen-bond donors (Lipinski definition) is 1. The number of carbonyl (C=O) groups excluding carboxylic acids is 1. The zero-order valence-corrected chi connectivity index (χ0v) is 16.3. The highest BCUT2D eigenvalue weighted by atomic mass is 19.4. The van der Waals surface area contributed by atoms with Crippen molar-refractivity contribution in [1.82, 2.24) is 19.9 Å². The van der Waals surface area contributed by atoms with E-state index in [9.17, 15) is 22.4 Å². The number of rotatable bonds is 5. The van der Waals surface area contributed by atoms with Crippen molar-refractivity contribution in [2.24, 2.45) is 0 Å². The van der Waals surface area contributed by atoms with Gasteiger partial charge in [0.15, 0.2) is 0 Å². The van der Waals surface area contributed by atoms with Crippen molar-refractivity contribution in [3.8, 4) is 11.6 Å². The van der Waals surface area contributed by atoms with Gasteiger partial charge in [-0.1, -0.05) is 12.1 Å². The quantitative estimate of drug-likeness (QED) is 0.358. The Balaban J connectivity index is 1.76. The Hall–Kier alpha value is -4.09. The highest BCUT2D eigenvalue weighted by Gasteiger charge is 2.42. The van der Waals surface area contributed by atoms with Gasteiger partial charge in [-0.05, 0) is 30.3 Å². The fourth-order valence-electron chi connectivity index (χ4n) is 2.88. The molecule has 2 aromatic carbocycles.